The molecule has 0 saturated heterocycles. The SMILES string of the molecule is CCN(C[C@@H](c1ccccc1O)[C@H](C)c1c(C(N)=O)cccc1C(=O)NC(C)c1ccc(C)s1)c1ccccc1. The molecule has 1 heterocycles. The van der Waals surface area contributed by atoms with Crippen LogP contribution in [0.4, 0.5) is 5.69 Å². The minimum atomic E-state index is -0.593. The van der Waals surface area contributed by atoms with Gasteiger partial charge in [0.2, 0.25) is 5.91 Å². The molecular weight excluding hydrogens is 518 g/mol. The molecule has 0 saturated carbocycles. The molecule has 0 aliphatic heterocycles. The summed E-state index contributed by atoms with van der Waals surface area (Å²) >= 11 is 1.64. The minimum absolute atomic E-state index is 0.174. The molecule has 0 radical (unpaired) electrons. The number of nitrogens with two attached hydrogens (primary N) is 1. The van der Waals surface area contributed by atoms with Gasteiger partial charge in [0.25, 0.3) is 5.91 Å². The number of nitrogens with zero attached hydrogens (tertiary/aromatic N) is 1. The van der Waals surface area contributed by atoms with Crippen molar-refractivity contribution in [2.75, 3.05) is 18.0 Å². The number of phenols is 1. The van der Waals surface area contributed by atoms with Crippen LogP contribution in [0.5, 0.6) is 5.75 Å². The van der Waals surface area contributed by atoms with Crippen molar-refractivity contribution in [3.8, 4) is 5.75 Å². The van der Waals surface area contributed by atoms with Crippen LogP contribution in [0.2, 0.25) is 0 Å². The number of nitrogens with one attached hydrogen (secondary N) is 1. The standard InChI is InChI=1S/C33H37N3O3S/c1-5-36(24-12-7-6-8-13-24)20-28(25-14-9-10-17-29(25)37)22(3)31-26(32(34)38)15-11-16-27(31)33(39)35-23(4)30-19-18-21(2)40-30/h6-19,22-23,28,37H,5,20H2,1-4H3,(H2,34,38)(H,35,39)/t22-,23?,28+/m0/s1. The number of hydrogen-bond acceptors (Lipinski definition) is 5. The first-order valence-corrected chi connectivity index (χ1v) is 14.4. The summed E-state index contributed by atoms with van der Waals surface area (Å²) in [5.74, 6) is -1.28. The fourth-order valence-corrected chi connectivity index (χ4v) is 6.20. The van der Waals surface area contributed by atoms with E-state index in [0.717, 1.165) is 22.7 Å². The Balaban J connectivity index is 1.79. The summed E-state index contributed by atoms with van der Waals surface area (Å²) in [6.45, 7) is 9.37. The van der Waals surface area contributed by atoms with Gasteiger partial charge in [0.1, 0.15) is 5.75 Å². The highest BCUT2D eigenvalue weighted by atomic mass is 32.1. The summed E-state index contributed by atoms with van der Waals surface area (Å²) in [6.07, 6.45) is 0. The molecule has 4 aromatic rings. The molecule has 4 N–H and O–H groups in total. The van der Waals surface area contributed by atoms with E-state index < -0.39 is 5.91 Å². The molecule has 2 amide bonds. The maximum Gasteiger partial charge on any atom is 0.252 e. The maximum atomic E-state index is 13.7. The molecule has 0 bridgehead atoms. The number of rotatable bonds is 11. The molecule has 208 valence electrons. The van der Waals surface area contributed by atoms with Crippen LogP contribution < -0.4 is 16.0 Å². The first-order chi connectivity index (χ1) is 19.2. The van der Waals surface area contributed by atoms with Crippen LogP contribution >= 0.6 is 11.3 Å². The molecule has 40 heavy (non-hydrogen) atoms. The zero-order valence-electron chi connectivity index (χ0n) is 23.4. The number of amides is 2. The Labute approximate surface area is 240 Å². The third-order valence-electron chi connectivity index (χ3n) is 7.47. The molecular formula is C33H37N3O3S. The van der Waals surface area contributed by atoms with E-state index >= 15 is 0 Å². The van der Waals surface area contributed by atoms with E-state index in [0.29, 0.717) is 23.2 Å². The molecule has 0 aliphatic rings. The lowest BCUT2D eigenvalue weighted by molar-refractivity contribution is 0.0939. The van der Waals surface area contributed by atoms with Gasteiger partial charge in [0.15, 0.2) is 0 Å². The van der Waals surface area contributed by atoms with Crippen LogP contribution in [0.1, 0.15) is 80.2 Å². The fourth-order valence-electron chi connectivity index (χ4n) is 5.32. The second-order valence-corrected chi connectivity index (χ2v) is 11.4. The number of primary amides is 1. The topological polar surface area (TPSA) is 95.7 Å². The Hall–Kier alpha value is -4.10. The van der Waals surface area contributed by atoms with Crippen molar-refractivity contribution in [2.45, 2.75) is 45.6 Å². The van der Waals surface area contributed by atoms with Crippen LogP contribution in [0.3, 0.4) is 0 Å². The summed E-state index contributed by atoms with van der Waals surface area (Å²) in [5.41, 5.74) is 8.98. The Kier molecular flexibility index (Phi) is 9.27. The predicted molar refractivity (Wildman–Crippen MR) is 163 cm³/mol. The number of phenolic OH excluding ortho intramolecular Hbond substituents is 1. The highest BCUT2D eigenvalue weighted by molar-refractivity contribution is 7.12. The quantitative estimate of drug-likeness (QED) is 0.190. The van der Waals surface area contributed by atoms with Crippen LogP contribution in [-0.4, -0.2) is 30.0 Å². The normalized spacial score (nSPS) is 13.3. The fraction of sp³-hybridized carbons (Fsp3) is 0.273. The molecule has 0 aliphatic carbocycles. The second-order valence-electron chi connectivity index (χ2n) is 10.1. The van der Waals surface area contributed by atoms with E-state index in [1.165, 1.54) is 4.88 Å². The highest BCUT2D eigenvalue weighted by Gasteiger charge is 2.31. The number of likely N-dealkylation sites (N-methyl/N-ethyl adjacent to an activating group) is 1. The van der Waals surface area contributed by atoms with Crippen molar-refractivity contribution < 1.29 is 14.7 Å². The van der Waals surface area contributed by atoms with Gasteiger partial charge < -0.3 is 21.1 Å². The largest absolute Gasteiger partial charge is 0.508 e. The number of carbonyl (C=O) groups excluding carboxylic acids is 2. The maximum absolute atomic E-state index is 13.7. The molecule has 6 nitrogen and oxygen atoms in total. The Morgan fingerprint density at radius 2 is 1.60 bits per heavy atom. The number of anilines is 1. The van der Waals surface area contributed by atoms with Gasteiger partial charge in [-0.15, -0.1) is 11.3 Å². The van der Waals surface area contributed by atoms with Crippen LogP contribution in [0.25, 0.3) is 0 Å². The number of carbonyl (C=O) groups is 2. The number of hydrogen-bond donors (Lipinski definition) is 3. The van der Waals surface area contributed by atoms with Gasteiger partial charge in [0, 0.05) is 45.6 Å². The van der Waals surface area contributed by atoms with E-state index in [-0.39, 0.29) is 29.5 Å². The van der Waals surface area contributed by atoms with Gasteiger partial charge in [-0.05, 0) is 80.3 Å². The van der Waals surface area contributed by atoms with Crippen molar-refractivity contribution in [3.05, 3.63) is 117 Å². The van der Waals surface area contributed by atoms with E-state index in [4.69, 9.17) is 5.73 Å². The lowest BCUT2D eigenvalue weighted by atomic mass is 9.78. The second kappa shape index (κ2) is 12.8. The number of thiophene rings is 1. The smallest absolute Gasteiger partial charge is 0.252 e. The van der Waals surface area contributed by atoms with Crippen LogP contribution in [-0.2, 0) is 0 Å². The van der Waals surface area contributed by atoms with Crippen molar-refractivity contribution in [3.63, 3.8) is 0 Å². The molecule has 0 spiro atoms. The van der Waals surface area contributed by atoms with Gasteiger partial charge in [0.05, 0.1) is 6.04 Å². The Morgan fingerprint density at radius 3 is 2.23 bits per heavy atom. The van der Waals surface area contributed by atoms with E-state index in [1.807, 2.05) is 63.2 Å². The summed E-state index contributed by atoms with van der Waals surface area (Å²) in [4.78, 5) is 30.9. The van der Waals surface area contributed by atoms with Crippen molar-refractivity contribution in [1.29, 1.82) is 0 Å². The van der Waals surface area contributed by atoms with Gasteiger partial charge >= 0.3 is 0 Å². The minimum Gasteiger partial charge on any atom is -0.508 e. The number of aromatic hydroxyl groups is 1. The molecule has 4 rings (SSSR count). The van der Waals surface area contributed by atoms with Crippen molar-refractivity contribution in [1.82, 2.24) is 5.32 Å². The first-order valence-electron chi connectivity index (χ1n) is 13.6. The third-order valence-corrected chi connectivity index (χ3v) is 8.65. The summed E-state index contributed by atoms with van der Waals surface area (Å²) in [5, 5.41) is 14.1. The molecule has 0 fully saturated rings. The number of benzene rings is 3. The van der Waals surface area contributed by atoms with E-state index in [9.17, 15) is 14.7 Å². The zero-order valence-corrected chi connectivity index (χ0v) is 24.2. The molecule has 3 atom stereocenters. The summed E-state index contributed by atoms with van der Waals surface area (Å²) in [7, 11) is 0. The lowest BCUT2D eigenvalue weighted by Gasteiger charge is -2.34. The predicted octanol–water partition coefficient (Wildman–Crippen LogP) is 6.77. The Morgan fingerprint density at radius 1 is 0.925 bits per heavy atom. The van der Waals surface area contributed by atoms with Crippen LogP contribution in [0.15, 0.2) is 84.9 Å². The molecule has 1 unspecified atom stereocenters. The monoisotopic (exact) mass is 555 g/mol. The van der Waals surface area contributed by atoms with E-state index in [1.54, 1.807) is 41.7 Å². The zero-order chi connectivity index (χ0) is 28.8. The van der Waals surface area contributed by atoms with Gasteiger partial charge in [-0.3, -0.25) is 9.59 Å². The van der Waals surface area contributed by atoms with Crippen molar-refractivity contribution >= 4 is 28.8 Å². The molecule has 3 aromatic carbocycles. The van der Waals surface area contributed by atoms with Gasteiger partial charge in [-0.1, -0.05) is 49.4 Å². The van der Waals surface area contributed by atoms with Gasteiger partial charge in [-0.2, -0.15) is 0 Å². The molecule has 1 aromatic heterocycles. The first kappa shape index (κ1) is 28.9. The average Bonchev–Trinajstić information content (AvgIpc) is 3.40. The highest BCUT2D eigenvalue weighted by Crippen LogP contribution is 2.41. The number of para-hydroxylation sites is 2. The van der Waals surface area contributed by atoms with Crippen molar-refractivity contribution in [2.24, 2.45) is 5.73 Å². The molecule has 7 heteroatoms. The number of aryl methyl sites for hydroxylation is 1. The van der Waals surface area contributed by atoms with E-state index in [2.05, 4.69) is 29.3 Å². The average molecular weight is 556 g/mol. The van der Waals surface area contributed by atoms with Crippen LogP contribution in [0, 0.1) is 6.92 Å². The summed E-state index contributed by atoms with van der Waals surface area (Å²) < 4.78 is 0. The van der Waals surface area contributed by atoms with Gasteiger partial charge in [-0.25, -0.2) is 0 Å². The third kappa shape index (κ3) is 6.37. The Bertz CT molecular complexity index is 1470. The lowest BCUT2D eigenvalue weighted by Crippen LogP contribution is -2.33. The summed E-state index contributed by atoms with van der Waals surface area (Å²) in [6, 6.07) is 26.3.